The Morgan fingerprint density at radius 2 is 1.76 bits per heavy atom. The third-order valence-corrected chi connectivity index (χ3v) is 4.92. The van der Waals surface area contributed by atoms with Crippen LogP contribution in [-0.4, -0.2) is 31.9 Å². The Bertz CT molecular complexity index is 1090. The molecule has 1 saturated heterocycles. The number of carbonyl (C=O) groups excluding carboxylic acids is 2. The van der Waals surface area contributed by atoms with E-state index in [0.29, 0.717) is 15.8 Å². The van der Waals surface area contributed by atoms with Gasteiger partial charge in [-0.25, -0.2) is 4.68 Å². The zero-order valence-corrected chi connectivity index (χ0v) is 16.2. The van der Waals surface area contributed by atoms with Crippen LogP contribution in [0.15, 0.2) is 77.3 Å². The maximum Gasteiger partial charge on any atom is 0.271 e. The first kappa shape index (κ1) is 18.6. The molecule has 2 aromatic carbocycles. The molecule has 29 heavy (non-hydrogen) atoms. The molecular weight excluding hydrogens is 388 g/mol. The Labute approximate surface area is 170 Å². The third-order valence-electron chi connectivity index (χ3n) is 3.96. The Morgan fingerprint density at radius 1 is 1.07 bits per heavy atom. The highest BCUT2D eigenvalue weighted by Gasteiger charge is 2.35. The number of amidine groups is 1. The van der Waals surface area contributed by atoms with Crippen LogP contribution in [0.25, 0.3) is 6.08 Å². The van der Waals surface area contributed by atoms with Gasteiger partial charge >= 0.3 is 0 Å². The van der Waals surface area contributed by atoms with Crippen molar-refractivity contribution in [2.75, 3.05) is 10.2 Å². The summed E-state index contributed by atoms with van der Waals surface area (Å²) < 4.78 is 1.46. The molecule has 4 rings (SSSR count). The molecule has 0 saturated carbocycles. The van der Waals surface area contributed by atoms with E-state index in [9.17, 15) is 9.59 Å². The maximum atomic E-state index is 13.1. The Kier molecular flexibility index (Phi) is 5.21. The Morgan fingerprint density at radius 3 is 2.41 bits per heavy atom. The van der Waals surface area contributed by atoms with Crippen LogP contribution in [0.1, 0.15) is 12.5 Å². The van der Waals surface area contributed by atoms with Crippen LogP contribution in [0.2, 0.25) is 0 Å². The number of amides is 2. The summed E-state index contributed by atoms with van der Waals surface area (Å²) in [6, 6.07) is 16.6. The van der Waals surface area contributed by atoms with Crippen molar-refractivity contribution in [3.05, 3.63) is 77.7 Å². The summed E-state index contributed by atoms with van der Waals surface area (Å²) in [4.78, 5) is 26.4. The number of thioether (sulfide) groups is 1. The van der Waals surface area contributed by atoms with Crippen molar-refractivity contribution in [3.8, 4) is 0 Å². The molecule has 0 radical (unpaired) electrons. The molecular formula is C20H16N6O2S. The van der Waals surface area contributed by atoms with Crippen LogP contribution in [0, 0.1) is 0 Å². The zero-order valence-electron chi connectivity index (χ0n) is 15.4. The molecule has 3 aromatic rings. The number of benzene rings is 2. The van der Waals surface area contributed by atoms with Gasteiger partial charge in [0.1, 0.15) is 12.7 Å². The van der Waals surface area contributed by atoms with E-state index in [1.54, 1.807) is 23.1 Å². The number of nitrogens with zero attached hydrogens (tertiary/aromatic N) is 5. The second-order valence-electron chi connectivity index (χ2n) is 6.11. The average molecular weight is 404 g/mol. The first-order chi connectivity index (χ1) is 14.1. The Hall–Kier alpha value is -3.72. The van der Waals surface area contributed by atoms with Gasteiger partial charge in [0, 0.05) is 12.6 Å². The molecule has 0 aliphatic carbocycles. The SMILES string of the molecule is CC(=O)Nc1ccc(/C=C2\S/C(=N/n3cnnc3)N(c3ccccc3)C2=O)cc1. The predicted octanol–water partition coefficient (Wildman–Crippen LogP) is 3.18. The highest BCUT2D eigenvalue weighted by atomic mass is 32.2. The van der Waals surface area contributed by atoms with Crippen molar-refractivity contribution >= 4 is 46.2 Å². The van der Waals surface area contributed by atoms with Gasteiger partial charge in [0.15, 0.2) is 0 Å². The van der Waals surface area contributed by atoms with Crippen LogP contribution in [0.3, 0.4) is 0 Å². The average Bonchev–Trinajstić information content (AvgIpc) is 3.32. The van der Waals surface area contributed by atoms with Crippen LogP contribution in [-0.2, 0) is 9.59 Å². The van der Waals surface area contributed by atoms with Gasteiger partial charge in [0.2, 0.25) is 11.1 Å². The maximum absolute atomic E-state index is 13.1. The van der Waals surface area contributed by atoms with Crippen molar-refractivity contribution in [1.82, 2.24) is 14.9 Å². The fourth-order valence-corrected chi connectivity index (χ4v) is 3.69. The molecule has 1 aliphatic rings. The molecule has 0 spiro atoms. The first-order valence-electron chi connectivity index (χ1n) is 8.70. The van der Waals surface area contributed by atoms with Crippen molar-refractivity contribution in [1.29, 1.82) is 0 Å². The van der Waals surface area contributed by atoms with Gasteiger partial charge in [0.25, 0.3) is 5.91 Å². The summed E-state index contributed by atoms with van der Waals surface area (Å²) in [5.74, 6) is -0.301. The number of hydrogen-bond donors (Lipinski definition) is 1. The number of aromatic nitrogens is 3. The van der Waals surface area contributed by atoms with Gasteiger partial charge in [-0.3, -0.25) is 14.5 Å². The molecule has 2 amide bonds. The fraction of sp³-hybridized carbons (Fsp3) is 0.0500. The topological polar surface area (TPSA) is 92.5 Å². The van der Waals surface area contributed by atoms with E-state index in [4.69, 9.17) is 0 Å². The van der Waals surface area contributed by atoms with E-state index in [-0.39, 0.29) is 11.8 Å². The molecule has 8 nitrogen and oxygen atoms in total. The van der Waals surface area contributed by atoms with Crippen LogP contribution < -0.4 is 10.2 Å². The lowest BCUT2D eigenvalue weighted by molar-refractivity contribution is -0.114. The van der Waals surface area contributed by atoms with Crippen molar-refractivity contribution in [2.24, 2.45) is 5.10 Å². The number of anilines is 2. The second kappa shape index (κ2) is 8.11. The minimum atomic E-state index is -0.168. The fourth-order valence-electron chi connectivity index (χ4n) is 2.71. The highest BCUT2D eigenvalue weighted by Crippen LogP contribution is 2.36. The van der Waals surface area contributed by atoms with Gasteiger partial charge in [-0.05, 0) is 47.7 Å². The van der Waals surface area contributed by atoms with E-state index < -0.39 is 0 Å². The molecule has 0 atom stereocenters. The van der Waals surface area contributed by atoms with Crippen LogP contribution >= 0.6 is 11.8 Å². The number of para-hydroxylation sites is 1. The van der Waals surface area contributed by atoms with Gasteiger partial charge in [-0.1, -0.05) is 30.3 Å². The number of nitrogens with one attached hydrogen (secondary N) is 1. The lowest BCUT2D eigenvalue weighted by Gasteiger charge is -2.15. The van der Waals surface area contributed by atoms with Crippen molar-refractivity contribution in [3.63, 3.8) is 0 Å². The van der Waals surface area contributed by atoms with E-state index >= 15 is 0 Å². The summed E-state index contributed by atoms with van der Waals surface area (Å²) >= 11 is 1.27. The molecule has 0 unspecified atom stereocenters. The predicted molar refractivity (Wildman–Crippen MR) is 113 cm³/mol. The molecule has 1 N–H and O–H groups in total. The monoisotopic (exact) mass is 404 g/mol. The highest BCUT2D eigenvalue weighted by molar-refractivity contribution is 8.19. The minimum Gasteiger partial charge on any atom is -0.326 e. The summed E-state index contributed by atoms with van der Waals surface area (Å²) in [5, 5.41) is 15.2. The first-order valence-corrected chi connectivity index (χ1v) is 9.52. The largest absolute Gasteiger partial charge is 0.326 e. The lowest BCUT2D eigenvalue weighted by Crippen LogP contribution is -2.29. The second-order valence-corrected chi connectivity index (χ2v) is 7.12. The molecule has 1 fully saturated rings. The number of rotatable bonds is 4. The van der Waals surface area contributed by atoms with Gasteiger partial charge in [-0.15, -0.1) is 15.3 Å². The van der Waals surface area contributed by atoms with Crippen LogP contribution in [0.4, 0.5) is 11.4 Å². The molecule has 0 bridgehead atoms. The minimum absolute atomic E-state index is 0.133. The van der Waals surface area contributed by atoms with Gasteiger partial charge in [0.05, 0.1) is 10.6 Å². The van der Waals surface area contributed by atoms with Crippen molar-refractivity contribution in [2.45, 2.75) is 6.92 Å². The number of hydrogen-bond acceptors (Lipinski definition) is 6. The normalized spacial score (nSPS) is 16.6. The van der Waals surface area contributed by atoms with E-state index in [1.807, 2.05) is 42.5 Å². The summed E-state index contributed by atoms with van der Waals surface area (Å²) in [6.45, 7) is 1.46. The van der Waals surface area contributed by atoms with E-state index in [1.165, 1.54) is 36.0 Å². The Balaban J connectivity index is 1.67. The summed E-state index contributed by atoms with van der Waals surface area (Å²) in [7, 11) is 0. The summed E-state index contributed by atoms with van der Waals surface area (Å²) in [6.07, 6.45) is 4.72. The number of carbonyl (C=O) groups is 2. The standard InChI is InChI=1S/C20H16N6O2S/c1-14(27)23-16-9-7-15(8-10-16)11-18-19(28)26(17-5-3-2-4-6-17)20(29-18)24-25-12-21-22-13-25/h2-13H,1H3,(H,23,27)/b18-11-,24-20+. The van der Waals surface area contributed by atoms with E-state index in [2.05, 4.69) is 20.6 Å². The van der Waals surface area contributed by atoms with Gasteiger partial charge < -0.3 is 5.32 Å². The van der Waals surface area contributed by atoms with Gasteiger partial charge in [-0.2, -0.15) is 0 Å². The summed E-state index contributed by atoms with van der Waals surface area (Å²) in [5.41, 5.74) is 2.26. The molecule has 1 aromatic heterocycles. The quantitative estimate of drug-likeness (QED) is 0.674. The molecule has 1 aliphatic heterocycles. The smallest absolute Gasteiger partial charge is 0.271 e. The molecule has 9 heteroatoms. The van der Waals surface area contributed by atoms with Crippen LogP contribution in [0.5, 0.6) is 0 Å². The zero-order chi connectivity index (χ0) is 20.2. The molecule has 2 heterocycles. The third kappa shape index (κ3) is 4.25. The van der Waals surface area contributed by atoms with E-state index in [0.717, 1.165) is 11.3 Å². The molecule has 144 valence electrons. The lowest BCUT2D eigenvalue weighted by atomic mass is 10.2. The van der Waals surface area contributed by atoms with Crippen molar-refractivity contribution < 1.29 is 9.59 Å².